The summed E-state index contributed by atoms with van der Waals surface area (Å²) in [5.74, 6) is -0.824. The Kier molecular flexibility index (Phi) is 4.22. The number of carbonyl (C=O) groups is 2. The van der Waals surface area contributed by atoms with Gasteiger partial charge in [-0.15, -0.1) is 0 Å². The lowest BCUT2D eigenvalue weighted by molar-refractivity contribution is -0.384. The van der Waals surface area contributed by atoms with Gasteiger partial charge < -0.3 is 11.1 Å². The largest absolute Gasteiger partial charge is 0.378 e. The number of benzene rings is 1. The van der Waals surface area contributed by atoms with Crippen LogP contribution in [0.1, 0.15) is 12.0 Å². The van der Waals surface area contributed by atoms with Crippen molar-refractivity contribution in [1.29, 1.82) is 0 Å². The van der Waals surface area contributed by atoms with Crippen LogP contribution in [0.25, 0.3) is 0 Å². The van der Waals surface area contributed by atoms with Crippen LogP contribution in [-0.4, -0.2) is 27.2 Å². The van der Waals surface area contributed by atoms with Crippen LogP contribution in [0.3, 0.4) is 0 Å². The average molecular weight is 308 g/mol. The Hall–Kier alpha value is -2.42. The number of nitrogens with zero attached hydrogens (tertiary/aromatic N) is 2. The number of rotatable bonds is 3. The van der Waals surface area contributed by atoms with Gasteiger partial charge in [0.2, 0.25) is 11.8 Å². The monoisotopic (exact) mass is 308 g/mol. The number of thioether (sulfide) groups is 1. The molecule has 0 radical (unpaired) electrons. The van der Waals surface area contributed by atoms with Crippen molar-refractivity contribution in [3.63, 3.8) is 0 Å². The number of hydrogen-bond acceptors (Lipinski definition) is 6. The summed E-state index contributed by atoms with van der Waals surface area (Å²) >= 11 is 1.02. The van der Waals surface area contributed by atoms with Gasteiger partial charge in [0.05, 0.1) is 11.3 Å². The molecule has 0 aromatic heterocycles. The Morgan fingerprint density at radius 3 is 2.86 bits per heavy atom. The summed E-state index contributed by atoms with van der Waals surface area (Å²) in [5.41, 5.74) is 6.43. The smallest absolute Gasteiger partial charge is 0.269 e. The maximum Gasteiger partial charge on any atom is 0.269 e. The van der Waals surface area contributed by atoms with Gasteiger partial charge in [0.1, 0.15) is 5.25 Å². The van der Waals surface area contributed by atoms with Crippen molar-refractivity contribution < 1.29 is 14.5 Å². The van der Waals surface area contributed by atoms with E-state index in [1.54, 1.807) is 6.92 Å². The molecule has 9 heteroatoms. The molecule has 0 saturated carbocycles. The molecule has 1 heterocycles. The van der Waals surface area contributed by atoms with Crippen LogP contribution in [-0.2, 0) is 9.59 Å². The minimum absolute atomic E-state index is 0.0246. The fourth-order valence-corrected chi connectivity index (χ4v) is 2.64. The molecule has 1 aromatic rings. The third-order valence-electron chi connectivity index (χ3n) is 2.83. The molecule has 2 amide bonds. The van der Waals surface area contributed by atoms with E-state index in [0.717, 1.165) is 11.8 Å². The van der Waals surface area contributed by atoms with E-state index in [4.69, 9.17) is 5.73 Å². The summed E-state index contributed by atoms with van der Waals surface area (Å²) in [5, 5.41) is 12.7. The van der Waals surface area contributed by atoms with Gasteiger partial charge in [-0.1, -0.05) is 11.8 Å². The van der Waals surface area contributed by atoms with E-state index in [1.807, 2.05) is 0 Å². The molecule has 0 unspecified atom stereocenters. The molecule has 0 spiro atoms. The van der Waals surface area contributed by atoms with Gasteiger partial charge in [-0.2, -0.15) is 4.99 Å². The van der Waals surface area contributed by atoms with Crippen molar-refractivity contribution in [2.45, 2.75) is 18.6 Å². The topological polar surface area (TPSA) is 128 Å². The maximum atomic E-state index is 12.1. The molecule has 0 bridgehead atoms. The number of amidine groups is 1. The summed E-state index contributed by atoms with van der Waals surface area (Å²) in [6, 6.07) is 4.13. The van der Waals surface area contributed by atoms with Crippen molar-refractivity contribution in [2.75, 3.05) is 5.32 Å². The van der Waals surface area contributed by atoms with E-state index in [-0.39, 0.29) is 23.2 Å². The highest BCUT2D eigenvalue weighted by molar-refractivity contribution is 8.15. The number of nitrogens with two attached hydrogens (primary N) is 1. The second-order valence-electron chi connectivity index (χ2n) is 4.40. The lowest BCUT2D eigenvalue weighted by Crippen LogP contribution is -2.33. The lowest BCUT2D eigenvalue weighted by atomic mass is 10.1. The molecule has 1 aliphatic rings. The van der Waals surface area contributed by atoms with Gasteiger partial charge in [-0.05, 0) is 18.6 Å². The summed E-state index contributed by atoms with van der Waals surface area (Å²) in [7, 11) is 0. The molecular formula is C12H12N4O4S. The van der Waals surface area contributed by atoms with Gasteiger partial charge in [0.15, 0.2) is 5.17 Å². The molecule has 3 N–H and O–H groups in total. The standard InChI is InChI=1S/C12H12N4O4S/c1-6-4-7(16(19)20)2-3-8(6)14-11(18)9-5-10(17)15-12(13)21-9/h2-4,9H,5H2,1H3,(H,14,18)(H2,13,15,17)/t9-/m0/s1. The molecule has 0 aliphatic carbocycles. The van der Waals surface area contributed by atoms with E-state index < -0.39 is 16.1 Å². The number of non-ortho nitro benzene ring substituents is 1. The van der Waals surface area contributed by atoms with Crippen LogP contribution >= 0.6 is 11.8 Å². The normalized spacial score (nSPS) is 18.0. The number of hydrogen-bond donors (Lipinski definition) is 2. The van der Waals surface area contributed by atoms with Crippen molar-refractivity contribution in [1.82, 2.24) is 0 Å². The summed E-state index contributed by atoms with van der Waals surface area (Å²) in [6.45, 7) is 1.65. The predicted molar refractivity (Wildman–Crippen MR) is 79.1 cm³/mol. The Morgan fingerprint density at radius 2 is 2.29 bits per heavy atom. The van der Waals surface area contributed by atoms with Crippen molar-refractivity contribution >= 4 is 40.1 Å². The number of anilines is 1. The number of nitrogens with one attached hydrogen (secondary N) is 1. The van der Waals surface area contributed by atoms with Crippen LogP contribution in [0.15, 0.2) is 23.2 Å². The number of aliphatic imine (C=N–C) groups is 1. The van der Waals surface area contributed by atoms with Gasteiger partial charge in [0, 0.05) is 17.8 Å². The number of carbonyl (C=O) groups excluding carboxylic acids is 2. The van der Waals surface area contributed by atoms with Gasteiger partial charge in [-0.3, -0.25) is 19.7 Å². The molecular weight excluding hydrogens is 296 g/mol. The SMILES string of the molecule is Cc1cc([N+](=O)[O-])ccc1NC(=O)[C@@H]1CC(=O)N=C(N)S1. The Bertz CT molecular complexity index is 659. The molecule has 8 nitrogen and oxygen atoms in total. The van der Waals surface area contributed by atoms with Gasteiger partial charge >= 0.3 is 0 Å². The zero-order chi connectivity index (χ0) is 15.6. The first kappa shape index (κ1) is 15.0. The van der Waals surface area contributed by atoms with E-state index in [2.05, 4.69) is 10.3 Å². The van der Waals surface area contributed by atoms with E-state index >= 15 is 0 Å². The maximum absolute atomic E-state index is 12.1. The highest BCUT2D eigenvalue weighted by Gasteiger charge is 2.28. The van der Waals surface area contributed by atoms with Crippen molar-refractivity contribution in [3.8, 4) is 0 Å². The highest BCUT2D eigenvalue weighted by atomic mass is 32.2. The zero-order valence-electron chi connectivity index (χ0n) is 11.0. The molecule has 1 atom stereocenters. The fraction of sp³-hybridized carbons (Fsp3) is 0.250. The minimum Gasteiger partial charge on any atom is -0.378 e. The molecule has 2 rings (SSSR count). The van der Waals surface area contributed by atoms with E-state index in [1.165, 1.54) is 18.2 Å². The highest BCUT2D eigenvalue weighted by Crippen LogP contribution is 2.25. The second kappa shape index (κ2) is 5.92. The van der Waals surface area contributed by atoms with Crippen LogP contribution in [0, 0.1) is 17.0 Å². The first-order chi connectivity index (χ1) is 9.86. The third kappa shape index (κ3) is 3.57. The second-order valence-corrected chi connectivity index (χ2v) is 5.62. The Morgan fingerprint density at radius 1 is 1.57 bits per heavy atom. The molecule has 0 fully saturated rings. The third-order valence-corrected chi connectivity index (χ3v) is 3.83. The number of nitro groups is 1. The molecule has 21 heavy (non-hydrogen) atoms. The summed E-state index contributed by atoms with van der Waals surface area (Å²) in [4.78, 5) is 37.1. The van der Waals surface area contributed by atoms with E-state index in [9.17, 15) is 19.7 Å². The van der Waals surface area contributed by atoms with Crippen LogP contribution < -0.4 is 11.1 Å². The number of amides is 2. The summed E-state index contributed by atoms with van der Waals surface area (Å²) in [6.07, 6.45) is -0.0246. The molecule has 110 valence electrons. The number of aryl methyl sites for hydroxylation is 1. The summed E-state index contributed by atoms with van der Waals surface area (Å²) < 4.78 is 0. The van der Waals surface area contributed by atoms with Crippen molar-refractivity contribution in [2.24, 2.45) is 10.7 Å². The van der Waals surface area contributed by atoms with Gasteiger partial charge in [-0.25, -0.2) is 0 Å². The minimum atomic E-state index is -0.649. The first-order valence-corrected chi connectivity index (χ1v) is 6.84. The molecule has 1 aromatic carbocycles. The first-order valence-electron chi connectivity index (χ1n) is 5.96. The van der Waals surface area contributed by atoms with Crippen molar-refractivity contribution in [3.05, 3.63) is 33.9 Å². The molecule has 1 aliphatic heterocycles. The van der Waals surface area contributed by atoms with Crippen LogP contribution in [0.2, 0.25) is 0 Å². The average Bonchev–Trinajstić information content (AvgIpc) is 2.39. The fourth-order valence-electron chi connectivity index (χ4n) is 1.80. The van der Waals surface area contributed by atoms with Gasteiger partial charge in [0.25, 0.3) is 5.69 Å². The Balaban J connectivity index is 2.11. The number of nitro benzene ring substituents is 1. The quantitative estimate of drug-likeness (QED) is 0.637. The predicted octanol–water partition coefficient (Wildman–Crippen LogP) is 1.19. The van der Waals surface area contributed by atoms with Crippen LogP contribution in [0.5, 0.6) is 0 Å². The zero-order valence-corrected chi connectivity index (χ0v) is 11.8. The van der Waals surface area contributed by atoms with Crippen LogP contribution in [0.4, 0.5) is 11.4 Å². The Labute approximate surface area is 123 Å². The lowest BCUT2D eigenvalue weighted by Gasteiger charge is -2.18. The molecule has 0 saturated heterocycles. The van der Waals surface area contributed by atoms with E-state index in [0.29, 0.717) is 11.3 Å².